The molecule has 0 spiro atoms. The van der Waals surface area contributed by atoms with Crippen LogP contribution in [0, 0.1) is 5.92 Å². The van der Waals surface area contributed by atoms with Crippen LogP contribution in [0.25, 0.3) is 28.4 Å². The fourth-order valence-electron chi connectivity index (χ4n) is 4.61. The van der Waals surface area contributed by atoms with E-state index in [4.69, 9.17) is 9.15 Å². The van der Waals surface area contributed by atoms with Crippen LogP contribution in [0.15, 0.2) is 62.4 Å². The van der Waals surface area contributed by atoms with Crippen LogP contribution < -0.4 is 10.2 Å². The van der Waals surface area contributed by atoms with Crippen LogP contribution in [-0.2, 0) is 19.3 Å². The molecule has 0 amide bonds. The maximum atomic E-state index is 14.2. The molecule has 0 saturated heterocycles. The summed E-state index contributed by atoms with van der Waals surface area (Å²) in [6.45, 7) is 15.8. The minimum atomic E-state index is -0.396. The number of aromatic hydroxyl groups is 3. The lowest BCUT2D eigenvalue weighted by Crippen LogP contribution is -2.12. The highest BCUT2D eigenvalue weighted by atomic mass is 16.5. The number of phenols is 3. The minimum Gasteiger partial charge on any atom is -0.507 e. The van der Waals surface area contributed by atoms with Crippen LogP contribution in [0.1, 0.15) is 77.6 Å². The van der Waals surface area contributed by atoms with Gasteiger partial charge in [0.15, 0.2) is 0 Å². The number of ether oxygens (including phenoxy) is 1. The number of rotatable bonds is 10. The van der Waals surface area contributed by atoms with Crippen LogP contribution in [0.5, 0.6) is 23.0 Å². The van der Waals surface area contributed by atoms with E-state index < -0.39 is 5.43 Å². The van der Waals surface area contributed by atoms with Gasteiger partial charge in [-0.3, -0.25) is 4.79 Å². The molecule has 1 aromatic heterocycles. The molecule has 0 fully saturated rings. The van der Waals surface area contributed by atoms with Crippen molar-refractivity contribution in [3.8, 4) is 34.3 Å². The molecule has 0 radical (unpaired) electrons. The first-order valence-electron chi connectivity index (χ1n) is 14.3. The van der Waals surface area contributed by atoms with E-state index in [1.807, 2.05) is 79.7 Å². The summed E-state index contributed by atoms with van der Waals surface area (Å²) in [5.41, 5.74) is 4.82. The van der Waals surface area contributed by atoms with Crippen LogP contribution in [0.3, 0.4) is 0 Å². The van der Waals surface area contributed by atoms with Crippen molar-refractivity contribution in [1.82, 2.24) is 0 Å². The third-order valence-corrected chi connectivity index (χ3v) is 6.97. The predicted octanol–water partition coefficient (Wildman–Crippen LogP) is 8.78. The van der Waals surface area contributed by atoms with E-state index in [9.17, 15) is 20.1 Å². The first-order chi connectivity index (χ1) is 19.8. The highest BCUT2D eigenvalue weighted by Gasteiger charge is 2.26. The molecule has 3 N–H and O–H groups in total. The lowest BCUT2D eigenvalue weighted by Gasteiger charge is -2.18. The Balaban J connectivity index is 2.50. The van der Waals surface area contributed by atoms with E-state index in [0.717, 1.165) is 16.7 Å². The van der Waals surface area contributed by atoms with Gasteiger partial charge in [0.2, 0.25) is 5.43 Å². The molecule has 0 aliphatic carbocycles. The van der Waals surface area contributed by atoms with Crippen molar-refractivity contribution in [1.29, 1.82) is 0 Å². The van der Waals surface area contributed by atoms with Gasteiger partial charge in [-0.05, 0) is 78.4 Å². The third-order valence-electron chi connectivity index (χ3n) is 6.97. The Labute approximate surface area is 249 Å². The quantitative estimate of drug-likeness (QED) is 0.210. The van der Waals surface area contributed by atoms with Gasteiger partial charge < -0.3 is 24.5 Å². The standard InChI is InChI=1S/C36H44O6/c1-20(2)10-14-24-18-28(33(38)26(32(24)37)16-12-22(5)6)36-27(17-13-23(7)8)35(40)31-30(42-36)19-29(41-9)25(34(31)39)15-11-21(3)4/h10-13,15,18-19,21,37-39H,14,16-17H2,1-9H3/b15-11+. The fourth-order valence-corrected chi connectivity index (χ4v) is 4.61. The summed E-state index contributed by atoms with van der Waals surface area (Å²) in [5, 5.41) is 34.1. The molecule has 6 nitrogen and oxygen atoms in total. The maximum absolute atomic E-state index is 14.2. The Bertz CT molecular complexity index is 1650. The van der Waals surface area contributed by atoms with Crippen molar-refractivity contribution < 1.29 is 24.5 Å². The second-order valence-corrected chi connectivity index (χ2v) is 11.8. The molecule has 2 aromatic carbocycles. The number of phenolic OH excluding ortho intramolecular Hbond substituents is 3. The molecule has 42 heavy (non-hydrogen) atoms. The van der Waals surface area contributed by atoms with Crippen LogP contribution in [0.2, 0.25) is 0 Å². The number of benzene rings is 2. The van der Waals surface area contributed by atoms with Gasteiger partial charge in [-0.25, -0.2) is 0 Å². The molecule has 0 saturated carbocycles. The first-order valence-corrected chi connectivity index (χ1v) is 14.3. The second kappa shape index (κ2) is 13.6. The molecule has 0 aliphatic heterocycles. The largest absolute Gasteiger partial charge is 0.507 e. The summed E-state index contributed by atoms with van der Waals surface area (Å²) in [6, 6.07) is 3.28. The van der Waals surface area contributed by atoms with Gasteiger partial charge in [0.1, 0.15) is 39.7 Å². The summed E-state index contributed by atoms with van der Waals surface area (Å²) in [6.07, 6.45) is 10.5. The highest BCUT2D eigenvalue weighted by Crippen LogP contribution is 2.44. The second-order valence-electron chi connectivity index (χ2n) is 11.8. The van der Waals surface area contributed by atoms with E-state index in [2.05, 4.69) is 0 Å². The molecule has 1 heterocycles. The van der Waals surface area contributed by atoms with Crippen molar-refractivity contribution in [2.24, 2.45) is 5.92 Å². The molecule has 0 aliphatic rings. The van der Waals surface area contributed by atoms with E-state index in [1.165, 1.54) is 7.11 Å². The minimum absolute atomic E-state index is 0.0149. The molecule has 3 aromatic rings. The van der Waals surface area contributed by atoms with Crippen molar-refractivity contribution in [2.45, 2.75) is 74.7 Å². The van der Waals surface area contributed by atoms with Gasteiger partial charge in [-0.1, -0.05) is 60.9 Å². The number of allylic oxidation sites excluding steroid dienone is 7. The summed E-state index contributed by atoms with van der Waals surface area (Å²) < 4.78 is 12.0. The summed E-state index contributed by atoms with van der Waals surface area (Å²) >= 11 is 0. The third kappa shape index (κ3) is 7.17. The topological polar surface area (TPSA) is 100 Å². The Kier molecular flexibility index (Phi) is 10.5. The summed E-state index contributed by atoms with van der Waals surface area (Å²) in [5.74, 6) is 0.400. The molecule has 0 bridgehead atoms. The first kappa shape index (κ1) is 32.3. The van der Waals surface area contributed by atoms with E-state index in [-0.39, 0.29) is 46.3 Å². The lowest BCUT2D eigenvalue weighted by atomic mass is 9.93. The number of hydrogen-bond donors (Lipinski definition) is 3. The van der Waals surface area contributed by atoms with Crippen molar-refractivity contribution >= 4 is 17.0 Å². The van der Waals surface area contributed by atoms with Gasteiger partial charge in [-0.2, -0.15) is 0 Å². The van der Waals surface area contributed by atoms with Gasteiger partial charge in [-0.15, -0.1) is 0 Å². The smallest absolute Gasteiger partial charge is 0.200 e. The molecule has 0 atom stereocenters. The molecule has 224 valence electrons. The van der Waals surface area contributed by atoms with Crippen LogP contribution >= 0.6 is 0 Å². The predicted molar refractivity (Wildman–Crippen MR) is 173 cm³/mol. The van der Waals surface area contributed by atoms with Crippen LogP contribution in [-0.4, -0.2) is 22.4 Å². The zero-order chi connectivity index (χ0) is 31.3. The summed E-state index contributed by atoms with van der Waals surface area (Å²) in [7, 11) is 1.49. The van der Waals surface area contributed by atoms with Crippen molar-refractivity contribution in [3.63, 3.8) is 0 Å². The monoisotopic (exact) mass is 572 g/mol. The van der Waals surface area contributed by atoms with Gasteiger partial charge in [0.05, 0.1) is 18.2 Å². The molecule has 0 unspecified atom stereocenters. The zero-order valence-electron chi connectivity index (χ0n) is 26.3. The number of fused-ring (bicyclic) bond motifs is 1. The zero-order valence-corrected chi connectivity index (χ0v) is 26.3. The number of methoxy groups -OCH3 is 1. The maximum Gasteiger partial charge on any atom is 0.200 e. The van der Waals surface area contributed by atoms with E-state index in [1.54, 1.807) is 18.2 Å². The Morgan fingerprint density at radius 3 is 1.95 bits per heavy atom. The van der Waals surface area contributed by atoms with Gasteiger partial charge >= 0.3 is 0 Å². The molecular formula is C36H44O6. The molecule has 3 rings (SSSR count). The number of hydrogen-bond acceptors (Lipinski definition) is 6. The fraction of sp³-hybridized carbons (Fsp3) is 0.361. The van der Waals surface area contributed by atoms with E-state index in [0.29, 0.717) is 46.4 Å². The van der Waals surface area contributed by atoms with Gasteiger partial charge in [0, 0.05) is 17.2 Å². The lowest BCUT2D eigenvalue weighted by molar-refractivity contribution is 0.406. The normalized spacial score (nSPS) is 11.3. The highest BCUT2D eigenvalue weighted by molar-refractivity contribution is 5.92. The van der Waals surface area contributed by atoms with Crippen LogP contribution in [0.4, 0.5) is 0 Å². The summed E-state index contributed by atoms with van der Waals surface area (Å²) in [4.78, 5) is 14.2. The molecule has 6 heteroatoms. The molecular weight excluding hydrogens is 528 g/mol. The Morgan fingerprint density at radius 1 is 0.833 bits per heavy atom. The SMILES string of the molecule is COc1cc2oc(-c3cc(CC=C(C)C)c(O)c(CC=C(C)C)c3O)c(CC=C(C)C)c(=O)c2c(O)c1/C=C/C(C)C. The average Bonchev–Trinajstić information content (AvgIpc) is 2.90. The Hall–Kier alpha value is -4.19. The van der Waals surface area contributed by atoms with Crippen molar-refractivity contribution in [3.05, 3.63) is 85.6 Å². The van der Waals surface area contributed by atoms with E-state index >= 15 is 0 Å². The Morgan fingerprint density at radius 2 is 1.40 bits per heavy atom. The average molecular weight is 573 g/mol. The van der Waals surface area contributed by atoms with Crippen molar-refractivity contribution in [2.75, 3.05) is 7.11 Å². The van der Waals surface area contributed by atoms with Gasteiger partial charge in [0.25, 0.3) is 0 Å².